The van der Waals surface area contributed by atoms with Crippen molar-refractivity contribution in [2.45, 2.75) is 25.3 Å². The molecule has 0 aliphatic carbocycles. The standard InChI is InChI=1S/C13H15BrFNO/c14-9-12-2-1-7-16(12)13(17)8-10-3-5-11(15)6-4-10/h3-6,12H,1-2,7-9H2. The molecule has 1 fully saturated rings. The van der Waals surface area contributed by atoms with Crippen LogP contribution in [0.2, 0.25) is 0 Å². The molecule has 0 N–H and O–H groups in total. The zero-order valence-corrected chi connectivity index (χ0v) is 11.1. The minimum Gasteiger partial charge on any atom is -0.339 e. The molecule has 1 unspecified atom stereocenters. The van der Waals surface area contributed by atoms with Crippen LogP contribution in [0.3, 0.4) is 0 Å². The van der Waals surface area contributed by atoms with E-state index in [1.54, 1.807) is 12.1 Å². The van der Waals surface area contributed by atoms with Crippen molar-refractivity contribution in [3.63, 3.8) is 0 Å². The Morgan fingerprint density at radius 2 is 2.12 bits per heavy atom. The van der Waals surface area contributed by atoms with E-state index in [1.165, 1.54) is 12.1 Å². The first-order chi connectivity index (χ1) is 8.20. The predicted molar refractivity (Wildman–Crippen MR) is 68.6 cm³/mol. The van der Waals surface area contributed by atoms with Gasteiger partial charge in [0.1, 0.15) is 5.82 Å². The number of rotatable bonds is 3. The number of alkyl halides is 1. The lowest BCUT2D eigenvalue weighted by molar-refractivity contribution is -0.130. The summed E-state index contributed by atoms with van der Waals surface area (Å²) in [5.74, 6) is -0.126. The second-order valence-electron chi connectivity index (χ2n) is 4.34. The molecule has 2 nitrogen and oxygen atoms in total. The monoisotopic (exact) mass is 299 g/mol. The maximum absolute atomic E-state index is 12.7. The minimum absolute atomic E-state index is 0.138. The molecule has 0 spiro atoms. The van der Waals surface area contributed by atoms with E-state index in [9.17, 15) is 9.18 Å². The van der Waals surface area contributed by atoms with Crippen LogP contribution in [-0.4, -0.2) is 28.7 Å². The van der Waals surface area contributed by atoms with E-state index in [0.29, 0.717) is 12.5 Å². The first-order valence-corrected chi connectivity index (χ1v) is 6.92. The van der Waals surface area contributed by atoms with Crippen LogP contribution in [0.25, 0.3) is 0 Å². The molecule has 1 aliphatic rings. The highest BCUT2D eigenvalue weighted by atomic mass is 79.9. The summed E-state index contributed by atoms with van der Waals surface area (Å²) < 4.78 is 12.7. The van der Waals surface area contributed by atoms with E-state index in [4.69, 9.17) is 0 Å². The summed E-state index contributed by atoms with van der Waals surface area (Å²) in [4.78, 5) is 14.0. The van der Waals surface area contributed by atoms with Crippen molar-refractivity contribution < 1.29 is 9.18 Å². The SMILES string of the molecule is O=C(Cc1ccc(F)cc1)N1CCCC1CBr. The average molecular weight is 300 g/mol. The maximum Gasteiger partial charge on any atom is 0.227 e. The fraction of sp³-hybridized carbons (Fsp3) is 0.462. The summed E-state index contributed by atoms with van der Waals surface area (Å²) in [5, 5.41) is 0.835. The van der Waals surface area contributed by atoms with E-state index < -0.39 is 0 Å². The highest BCUT2D eigenvalue weighted by molar-refractivity contribution is 9.09. The molecular weight excluding hydrogens is 285 g/mol. The smallest absolute Gasteiger partial charge is 0.227 e. The Hall–Kier alpha value is -0.900. The van der Waals surface area contributed by atoms with Gasteiger partial charge in [0.05, 0.1) is 6.42 Å². The molecule has 0 radical (unpaired) electrons. The van der Waals surface area contributed by atoms with Gasteiger partial charge in [0.25, 0.3) is 0 Å². The quantitative estimate of drug-likeness (QED) is 0.786. The highest BCUT2D eigenvalue weighted by Gasteiger charge is 2.27. The van der Waals surface area contributed by atoms with E-state index in [-0.39, 0.29) is 11.7 Å². The van der Waals surface area contributed by atoms with Crippen LogP contribution in [0, 0.1) is 5.82 Å². The van der Waals surface area contributed by atoms with Crippen LogP contribution in [-0.2, 0) is 11.2 Å². The fourth-order valence-electron chi connectivity index (χ4n) is 2.20. The number of carbonyl (C=O) groups is 1. The first-order valence-electron chi connectivity index (χ1n) is 5.80. The Bertz CT molecular complexity index is 393. The number of halogens is 2. The average Bonchev–Trinajstić information content (AvgIpc) is 2.80. The summed E-state index contributed by atoms with van der Waals surface area (Å²) >= 11 is 3.44. The van der Waals surface area contributed by atoms with E-state index in [0.717, 1.165) is 30.3 Å². The highest BCUT2D eigenvalue weighted by Crippen LogP contribution is 2.20. The molecule has 92 valence electrons. The third-order valence-electron chi connectivity index (χ3n) is 3.14. The predicted octanol–water partition coefficient (Wildman–Crippen LogP) is 2.75. The Morgan fingerprint density at radius 3 is 2.76 bits per heavy atom. The number of nitrogens with zero attached hydrogens (tertiary/aromatic N) is 1. The molecule has 1 aromatic rings. The molecule has 0 bridgehead atoms. The maximum atomic E-state index is 12.7. The number of amides is 1. The number of carbonyl (C=O) groups excluding carboxylic acids is 1. The van der Waals surface area contributed by atoms with Crippen molar-refractivity contribution in [1.82, 2.24) is 4.90 Å². The molecule has 2 rings (SSSR count). The van der Waals surface area contributed by atoms with Crippen LogP contribution in [0.4, 0.5) is 4.39 Å². The van der Waals surface area contributed by atoms with Crippen molar-refractivity contribution in [2.75, 3.05) is 11.9 Å². The Morgan fingerprint density at radius 1 is 1.41 bits per heavy atom. The van der Waals surface area contributed by atoms with Crippen LogP contribution >= 0.6 is 15.9 Å². The molecule has 1 atom stereocenters. The van der Waals surface area contributed by atoms with E-state index in [1.807, 2.05) is 4.90 Å². The number of benzene rings is 1. The second-order valence-corrected chi connectivity index (χ2v) is 4.99. The van der Waals surface area contributed by atoms with Gasteiger partial charge in [0.15, 0.2) is 0 Å². The molecule has 1 aromatic carbocycles. The molecule has 0 aromatic heterocycles. The molecule has 4 heteroatoms. The molecule has 0 saturated carbocycles. The Labute approximate surface area is 109 Å². The molecular formula is C13H15BrFNO. The number of likely N-dealkylation sites (tertiary alicyclic amines) is 1. The van der Waals surface area contributed by atoms with Gasteiger partial charge in [-0.2, -0.15) is 0 Å². The fourth-order valence-corrected chi connectivity index (χ4v) is 2.88. The normalized spacial score (nSPS) is 19.6. The van der Waals surface area contributed by atoms with Gasteiger partial charge in [-0.3, -0.25) is 4.79 Å². The lowest BCUT2D eigenvalue weighted by Gasteiger charge is -2.23. The van der Waals surface area contributed by atoms with Crippen molar-refractivity contribution in [2.24, 2.45) is 0 Å². The zero-order valence-electron chi connectivity index (χ0n) is 9.53. The van der Waals surface area contributed by atoms with Gasteiger partial charge in [0.2, 0.25) is 5.91 Å². The summed E-state index contributed by atoms with van der Waals surface area (Å²) in [6.07, 6.45) is 2.51. The molecule has 1 aliphatic heterocycles. The topological polar surface area (TPSA) is 20.3 Å². The summed E-state index contributed by atoms with van der Waals surface area (Å²) in [5.41, 5.74) is 0.872. The Balaban J connectivity index is 1.99. The molecule has 17 heavy (non-hydrogen) atoms. The van der Waals surface area contributed by atoms with Gasteiger partial charge in [-0.15, -0.1) is 0 Å². The van der Waals surface area contributed by atoms with Crippen molar-refractivity contribution in [3.8, 4) is 0 Å². The van der Waals surface area contributed by atoms with E-state index in [2.05, 4.69) is 15.9 Å². The van der Waals surface area contributed by atoms with Crippen LogP contribution in [0.15, 0.2) is 24.3 Å². The number of hydrogen-bond acceptors (Lipinski definition) is 1. The summed E-state index contributed by atoms with van der Waals surface area (Å²) in [7, 11) is 0. The zero-order chi connectivity index (χ0) is 12.3. The third-order valence-corrected chi connectivity index (χ3v) is 3.89. The van der Waals surface area contributed by atoms with Gasteiger partial charge in [0, 0.05) is 17.9 Å². The van der Waals surface area contributed by atoms with Gasteiger partial charge in [-0.05, 0) is 30.5 Å². The van der Waals surface area contributed by atoms with Crippen molar-refractivity contribution >= 4 is 21.8 Å². The van der Waals surface area contributed by atoms with Gasteiger partial charge < -0.3 is 4.90 Å². The van der Waals surface area contributed by atoms with Gasteiger partial charge in [-0.1, -0.05) is 28.1 Å². The minimum atomic E-state index is -0.263. The first kappa shape index (κ1) is 12.6. The lowest BCUT2D eigenvalue weighted by atomic mass is 10.1. The summed E-state index contributed by atoms with van der Waals surface area (Å²) in [6.45, 7) is 0.844. The third kappa shape index (κ3) is 3.06. The largest absolute Gasteiger partial charge is 0.339 e. The van der Waals surface area contributed by atoms with Crippen molar-refractivity contribution in [1.29, 1.82) is 0 Å². The molecule has 1 amide bonds. The van der Waals surface area contributed by atoms with Crippen LogP contribution in [0.5, 0.6) is 0 Å². The van der Waals surface area contributed by atoms with Gasteiger partial charge >= 0.3 is 0 Å². The molecule has 1 heterocycles. The van der Waals surface area contributed by atoms with Crippen LogP contribution in [0.1, 0.15) is 18.4 Å². The van der Waals surface area contributed by atoms with Crippen molar-refractivity contribution in [3.05, 3.63) is 35.6 Å². The van der Waals surface area contributed by atoms with Gasteiger partial charge in [-0.25, -0.2) is 4.39 Å². The molecule has 1 saturated heterocycles. The lowest BCUT2D eigenvalue weighted by Crippen LogP contribution is -2.37. The summed E-state index contributed by atoms with van der Waals surface area (Å²) in [6, 6.07) is 6.46. The Kier molecular flexibility index (Phi) is 4.15. The second kappa shape index (κ2) is 5.63. The number of hydrogen-bond donors (Lipinski definition) is 0. The van der Waals surface area contributed by atoms with Crippen LogP contribution < -0.4 is 0 Å². The van der Waals surface area contributed by atoms with E-state index >= 15 is 0 Å².